The summed E-state index contributed by atoms with van der Waals surface area (Å²) in [4.78, 5) is 21.0. The second kappa shape index (κ2) is 2.31. The van der Waals surface area contributed by atoms with Crippen LogP contribution >= 0.6 is 0 Å². The van der Waals surface area contributed by atoms with Crippen LogP contribution in [0.25, 0.3) is 11.2 Å². The van der Waals surface area contributed by atoms with Crippen LogP contribution in [0.2, 0.25) is 0 Å². The fourth-order valence-corrected chi connectivity index (χ4v) is 1.03. The number of rotatable bonds is 0. The molecule has 2 heterocycles. The number of nitriles is 1. The average Bonchev–Trinajstić information content (AvgIpc) is 2.47. The lowest BCUT2D eigenvalue weighted by atomic mass is 10.5. The molecule has 0 bridgehead atoms. The number of nitrogen functional groups attached to an aromatic ring is 1. The van der Waals surface area contributed by atoms with E-state index >= 15 is 0 Å². The number of aromatic amines is 1. The molecule has 2 rings (SSSR count). The third-order valence-electron chi connectivity index (χ3n) is 1.54. The molecule has 7 heteroatoms. The van der Waals surface area contributed by atoms with Gasteiger partial charge in [0.25, 0.3) is 5.56 Å². The van der Waals surface area contributed by atoms with Crippen LogP contribution in [0.3, 0.4) is 0 Å². The highest BCUT2D eigenvalue weighted by atomic mass is 16.1. The van der Waals surface area contributed by atoms with Crippen molar-refractivity contribution in [3.05, 3.63) is 16.7 Å². The van der Waals surface area contributed by atoms with Crippen LogP contribution in [0.5, 0.6) is 0 Å². The molecule has 3 N–H and O–H groups in total. The standard InChI is InChI=1S/C6H4N6O/c7-1-12-2-9-4-3(12)5(13)11-6(8)10-4/h2H,(H3,8,10,11,13). The maximum Gasteiger partial charge on any atom is 0.279 e. The summed E-state index contributed by atoms with van der Waals surface area (Å²) in [5, 5.41) is 8.58. The molecule has 0 aliphatic carbocycles. The number of anilines is 1. The zero-order valence-corrected chi connectivity index (χ0v) is 6.35. The average molecular weight is 176 g/mol. The first-order valence-electron chi connectivity index (χ1n) is 3.35. The SMILES string of the molecule is N#Cn1cnc2nc(N)[nH]c(=O)c21. The molecule has 0 radical (unpaired) electrons. The number of nitrogens with zero attached hydrogens (tertiary/aromatic N) is 4. The van der Waals surface area contributed by atoms with Crippen LogP contribution in [0.1, 0.15) is 0 Å². The van der Waals surface area contributed by atoms with Crippen LogP contribution in [-0.4, -0.2) is 19.5 Å². The van der Waals surface area contributed by atoms with E-state index in [1.165, 1.54) is 6.33 Å². The van der Waals surface area contributed by atoms with Gasteiger partial charge in [0.2, 0.25) is 5.95 Å². The van der Waals surface area contributed by atoms with Gasteiger partial charge in [0.15, 0.2) is 17.4 Å². The zero-order valence-electron chi connectivity index (χ0n) is 6.35. The minimum absolute atomic E-state index is 0.0133. The van der Waals surface area contributed by atoms with Gasteiger partial charge in [-0.1, -0.05) is 0 Å². The molecule has 13 heavy (non-hydrogen) atoms. The summed E-state index contributed by atoms with van der Waals surface area (Å²) in [5.74, 6) is -0.0133. The third-order valence-corrected chi connectivity index (χ3v) is 1.54. The van der Waals surface area contributed by atoms with Crippen molar-refractivity contribution in [2.24, 2.45) is 0 Å². The quantitative estimate of drug-likeness (QED) is 0.536. The van der Waals surface area contributed by atoms with E-state index in [0.717, 1.165) is 4.57 Å². The van der Waals surface area contributed by atoms with Gasteiger partial charge in [-0.05, 0) is 0 Å². The summed E-state index contributed by atoms with van der Waals surface area (Å²) in [5.41, 5.74) is 5.08. The highest BCUT2D eigenvalue weighted by Crippen LogP contribution is 2.03. The lowest BCUT2D eigenvalue weighted by Crippen LogP contribution is -2.13. The maximum atomic E-state index is 11.3. The number of H-pyrrole nitrogens is 1. The third kappa shape index (κ3) is 0.927. The Balaban J connectivity index is 3.01. The molecule has 0 fully saturated rings. The fourth-order valence-electron chi connectivity index (χ4n) is 1.03. The first kappa shape index (κ1) is 7.30. The van der Waals surface area contributed by atoms with E-state index < -0.39 is 5.56 Å². The van der Waals surface area contributed by atoms with Crippen molar-refractivity contribution >= 4 is 17.1 Å². The molecule has 64 valence electrons. The van der Waals surface area contributed by atoms with Crippen LogP contribution in [-0.2, 0) is 0 Å². The van der Waals surface area contributed by atoms with Crippen molar-refractivity contribution < 1.29 is 0 Å². The highest BCUT2D eigenvalue weighted by Gasteiger charge is 2.08. The predicted molar refractivity (Wildman–Crippen MR) is 43.6 cm³/mol. The Morgan fingerprint density at radius 2 is 2.46 bits per heavy atom. The molecule has 0 atom stereocenters. The summed E-state index contributed by atoms with van der Waals surface area (Å²) >= 11 is 0. The monoisotopic (exact) mass is 176 g/mol. The molecule has 7 nitrogen and oxygen atoms in total. The van der Waals surface area contributed by atoms with Crippen molar-refractivity contribution in [2.75, 3.05) is 5.73 Å². The molecule has 2 aromatic heterocycles. The minimum atomic E-state index is -0.471. The summed E-state index contributed by atoms with van der Waals surface area (Å²) in [7, 11) is 0. The normalized spacial score (nSPS) is 10.1. The van der Waals surface area contributed by atoms with Gasteiger partial charge in [0.05, 0.1) is 0 Å². The van der Waals surface area contributed by atoms with E-state index in [4.69, 9.17) is 11.0 Å². The second-order valence-corrected chi connectivity index (χ2v) is 2.34. The molecule has 0 unspecified atom stereocenters. The molecule has 0 spiro atoms. The Hall–Kier alpha value is -2.36. The number of fused-ring (bicyclic) bond motifs is 1. The van der Waals surface area contributed by atoms with Crippen molar-refractivity contribution in [1.82, 2.24) is 19.5 Å². The van der Waals surface area contributed by atoms with Crippen molar-refractivity contribution in [3.8, 4) is 6.19 Å². The summed E-state index contributed by atoms with van der Waals surface area (Å²) < 4.78 is 1.03. The number of aromatic nitrogens is 4. The van der Waals surface area contributed by atoms with E-state index in [1.54, 1.807) is 6.19 Å². The molecule has 0 aromatic carbocycles. The predicted octanol–water partition coefficient (Wildman–Crippen LogP) is -0.969. The fraction of sp³-hybridized carbons (Fsp3) is 0. The van der Waals surface area contributed by atoms with Crippen LogP contribution in [0, 0.1) is 11.5 Å². The van der Waals surface area contributed by atoms with E-state index in [-0.39, 0.29) is 17.1 Å². The van der Waals surface area contributed by atoms with Crippen LogP contribution < -0.4 is 11.3 Å². The molecular formula is C6H4N6O. The lowest BCUT2D eigenvalue weighted by Gasteiger charge is -1.91. The molecule has 0 saturated carbocycles. The number of hydrogen-bond acceptors (Lipinski definition) is 5. The summed E-state index contributed by atoms with van der Waals surface area (Å²) in [6.45, 7) is 0. The maximum absolute atomic E-state index is 11.3. The smallest absolute Gasteiger partial charge is 0.279 e. The van der Waals surface area contributed by atoms with Crippen LogP contribution in [0.4, 0.5) is 5.95 Å². The largest absolute Gasteiger partial charge is 0.369 e. The Kier molecular flexibility index (Phi) is 1.30. The van der Waals surface area contributed by atoms with Crippen molar-refractivity contribution in [2.45, 2.75) is 0 Å². The van der Waals surface area contributed by atoms with Gasteiger partial charge in [0.1, 0.15) is 6.33 Å². The number of nitrogens with one attached hydrogen (secondary N) is 1. The molecule has 0 amide bonds. The van der Waals surface area contributed by atoms with Crippen LogP contribution in [0.15, 0.2) is 11.1 Å². The summed E-state index contributed by atoms with van der Waals surface area (Å²) in [6, 6.07) is 0. The van der Waals surface area contributed by atoms with Gasteiger partial charge in [0, 0.05) is 0 Å². The molecule has 0 aliphatic rings. The first-order valence-corrected chi connectivity index (χ1v) is 3.35. The molecule has 0 saturated heterocycles. The van der Waals surface area contributed by atoms with Crippen molar-refractivity contribution in [1.29, 1.82) is 5.26 Å². The van der Waals surface area contributed by atoms with Gasteiger partial charge in [-0.3, -0.25) is 9.78 Å². The number of hydrogen-bond donors (Lipinski definition) is 2. The zero-order chi connectivity index (χ0) is 9.42. The van der Waals surface area contributed by atoms with Gasteiger partial charge < -0.3 is 5.73 Å². The number of imidazole rings is 1. The highest BCUT2D eigenvalue weighted by molar-refractivity contribution is 5.71. The first-order chi connectivity index (χ1) is 6.22. The second-order valence-electron chi connectivity index (χ2n) is 2.34. The van der Waals surface area contributed by atoms with E-state index in [0.29, 0.717) is 0 Å². The van der Waals surface area contributed by atoms with Gasteiger partial charge in [-0.15, -0.1) is 0 Å². The lowest BCUT2D eigenvalue weighted by molar-refractivity contribution is 1.09. The Bertz CT molecular complexity index is 558. The van der Waals surface area contributed by atoms with Gasteiger partial charge in [-0.25, -0.2) is 9.55 Å². The summed E-state index contributed by atoms with van der Waals surface area (Å²) in [6.07, 6.45) is 2.98. The minimum Gasteiger partial charge on any atom is -0.369 e. The van der Waals surface area contributed by atoms with E-state index in [2.05, 4.69) is 15.0 Å². The molecule has 2 aromatic rings. The number of nitrogens with two attached hydrogens (primary N) is 1. The van der Waals surface area contributed by atoms with E-state index in [1.807, 2.05) is 0 Å². The van der Waals surface area contributed by atoms with E-state index in [9.17, 15) is 4.79 Å². The topological polar surface area (TPSA) is 113 Å². The molecular weight excluding hydrogens is 172 g/mol. The Morgan fingerprint density at radius 3 is 3.15 bits per heavy atom. The molecule has 0 aliphatic heterocycles. The van der Waals surface area contributed by atoms with Gasteiger partial charge >= 0.3 is 0 Å². The Labute approximate surface area is 71.5 Å². The Morgan fingerprint density at radius 1 is 1.69 bits per heavy atom. The van der Waals surface area contributed by atoms with Gasteiger partial charge in [-0.2, -0.15) is 10.2 Å². The van der Waals surface area contributed by atoms with Crippen molar-refractivity contribution in [3.63, 3.8) is 0 Å².